The zero-order valence-electron chi connectivity index (χ0n) is 10.6. The van der Waals surface area contributed by atoms with Crippen molar-refractivity contribution in [2.24, 2.45) is 0 Å². The first kappa shape index (κ1) is 13.6. The van der Waals surface area contributed by atoms with Crippen LogP contribution in [0.15, 0.2) is 35.2 Å². The van der Waals surface area contributed by atoms with E-state index >= 15 is 0 Å². The number of hydrogen-bond donors (Lipinski definition) is 1. The molecule has 0 bridgehead atoms. The average molecular weight is 272 g/mol. The minimum Gasteiger partial charge on any atom is -0.481 e. The Labute approximate surface area is 117 Å². The monoisotopic (exact) mass is 272 g/mol. The van der Waals surface area contributed by atoms with Gasteiger partial charge in [-0.1, -0.05) is 24.1 Å². The van der Waals surface area contributed by atoms with Gasteiger partial charge >= 0.3 is 0 Å². The van der Waals surface area contributed by atoms with Gasteiger partial charge in [0.15, 0.2) is 0 Å². The molecule has 0 amide bonds. The van der Waals surface area contributed by atoms with Crippen molar-refractivity contribution in [1.82, 2.24) is 10.3 Å². The highest BCUT2D eigenvalue weighted by Gasteiger charge is 2.02. The Bertz CT molecular complexity index is 531. The number of hydrogen-bond acceptors (Lipinski definition) is 4. The number of nitrogens with zero attached hydrogens (tertiary/aromatic N) is 1. The third kappa shape index (κ3) is 4.40. The Balaban J connectivity index is 1.80. The molecule has 0 fully saturated rings. The summed E-state index contributed by atoms with van der Waals surface area (Å²) in [7, 11) is 0. The molecule has 1 heterocycles. The highest BCUT2D eigenvalue weighted by molar-refractivity contribution is 7.07. The third-order valence-electron chi connectivity index (χ3n) is 2.64. The van der Waals surface area contributed by atoms with E-state index in [4.69, 9.17) is 11.2 Å². The molecule has 0 spiro atoms. The van der Waals surface area contributed by atoms with Gasteiger partial charge in [0.2, 0.25) is 0 Å². The maximum atomic E-state index is 5.50. The lowest BCUT2D eigenvalue weighted by Gasteiger charge is -2.10. The van der Waals surface area contributed by atoms with E-state index in [2.05, 4.69) is 21.6 Å². The lowest BCUT2D eigenvalue weighted by Crippen LogP contribution is -2.17. The molecule has 0 saturated heterocycles. The second kappa shape index (κ2) is 7.57. The molecule has 1 aromatic heterocycles. The summed E-state index contributed by atoms with van der Waals surface area (Å²) < 4.78 is 5.50. The van der Waals surface area contributed by atoms with E-state index < -0.39 is 0 Å². The predicted molar refractivity (Wildman–Crippen MR) is 78.3 cm³/mol. The van der Waals surface area contributed by atoms with Crippen LogP contribution in [0.4, 0.5) is 0 Å². The fraction of sp³-hybridized carbons (Fsp3) is 0.267. The molecule has 0 aliphatic heterocycles. The largest absolute Gasteiger partial charge is 0.481 e. The maximum Gasteiger partial charge on any atom is 0.148 e. The predicted octanol–water partition coefficient (Wildman–Crippen LogP) is 2.49. The average Bonchev–Trinajstić information content (AvgIpc) is 2.95. The fourth-order valence-corrected chi connectivity index (χ4v) is 2.30. The zero-order valence-corrected chi connectivity index (χ0v) is 11.5. The van der Waals surface area contributed by atoms with Crippen molar-refractivity contribution in [2.75, 3.05) is 13.2 Å². The van der Waals surface area contributed by atoms with Gasteiger partial charge in [-0.15, -0.1) is 17.8 Å². The molecule has 3 nitrogen and oxygen atoms in total. The van der Waals surface area contributed by atoms with Crippen LogP contribution in [-0.2, 0) is 13.0 Å². The highest BCUT2D eigenvalue weighted by Crippen LogP contribution is 2.17. The summed E-state index contributed by atoms with van der Waals surface area (Å²) in [5.74, 6) is 3.33. The van der Waals surface area contributed by atoms with Crippen LogP contribution in [0.3, 0.4) is 0 Å². The highest BCUT2D eigenvalue weighted by atomic mass is 32.1. The molecule has 98 valence electrons. The zero-order chi connectivity index (χ0) is 13.3. The molecule has 1 aromatic carbocycles. The van der Waals surface area contributed by atoms with E-state index in [1.165, 1.54) is 0 Å². The lowest BCUT2D eigenvalue weighted by molar-refractivity contribution is 0.365. The van der Waals surface area contributed by atoms with Crippen molar-refractivity contribution >= 4 is 11.3 Å². The minimum atomic E-state index is 0.301. The van der Waals surface area contributed by atoms with Gasteiger partial charge in [-0.05, 0) is 6.07 Å². The van der Waals surface area contributed by atoms with E-state index in [0.717, 1.165) is 36.5 Å². The van der Waals surface area contributed by atoms with Gasteiger partial charge in [-0.2, -0.15) is 0 Å². The molecule has 4 heteroatoms. The molecule has 0 atom stereocenters. The lowest BCUT2D eigenvalue weighted by atomic mass is 10.2. The summed E-state index contributed by atoms with van der Waals surface area (Å²) in [6.45, 7) is 1.97. The number of rotatable bonds is 7. The summed E-state index contributed by atoms with van der Waals surface area (Å²) >= 11 is 1.63. The van der Waals surface area contributed by atoms with Crippen LogP contribution in [0.25, 0.3) is 0 Å². The molecule has 2 rings (SSSR count). The molecule has 0 unspecified atom stereocenters. The molecule has 0 radical (unpaired) electrons. The Morgan fingerprint density at radius 2 is 2.26 bits per heavy atom. The summed E-state index contributed by atoms with van der Waals surface area (Å²) in [4.78, 5) is 4.25. The van der Waals surface area contributed by atoms with Gasteiger partial charge in [0.05, 0.1) is 11.2 Å². The first-order valence-electron chi connectivity index (χ1n) is 6.12. The van der Waals surface area contributed by atoms with Gasteiger partial charge in [0.1, 0.15) is 12.4 Å². The first-order valence-corrected chi connectivity index (χ1v) is 7.06. The SMILES string of the molecule is C#CCOc1ccccc1CNCCc1cscn1. The van der Waals surface area contributed by atoms with Crippen LogP contribution in [0.2, 0.25) is 0 Å². The van der Waals surface area contributed by atoms with Crippen LogP contribution in [-0.4, -0.2) is 18.1 Å². The molecule has 2 aromatic rings. The summed E-state index contributed by atoms with van der Waals surface area (Å²) in [5, 5.41) is 5.46. The molecule has 1 N–H and O–H groups in total. The van der Waals surface area contributed by atoms with Gasteiger partial charge < -0.3 is 10.1 Å². The number of terminal acetylenes is 1. The van der Waals surface area contributed by atoms with Gasteiger partial charge in [0.25, 0.3) is 0 Å². The van der Waals surface area contributed by atoms with Crippen molar-refractivity contribution in [3.63, 3.8) is 0 Å². The van der Waals surface area contributed by atoms with Crippen LogP contribution in [0.5, 0.6) is 5.75 Å². The van der Waals surface area contributed by atoms with Crippen molar-refractivity contribution < 1.29 is 4.74 Å². The van der Waals surface area contributed by atoms with Crippen molar-refractivity contribution in [3.8, 4) is 18.1 Å². The smallest absolute Gasteiger partial charge is 0.148 e. The standard InChI is InChI=1S/C15H16N2OS/c1-2-9-18-15-6-4-3-5-13(15)10-16-8-7-14-11-19-12-17-14/h1,3-6,11-12,16H,7-10H2. The number of thiazole rings is 1. The van der Waals surface area contributed by atoms with E-state index in [9.17, 15) is 0 Å². The second-order valence-corrected chi connectivity index (χ2v) is 4.73. The Hall–Kier alpha value is -1.83. The maximum absolute atomic E-state index is 5.50. The number of benzene rings is 1. The number of ether oxygens (including phenoxy) is 1. The number of aromatic nitrogens is 1. The molecule has 0 aliphatic carbocycles. The Morgan fingerprint density at radius 3 is 3.05 bits per heavy atom. The molecule has 0 saturated carbocycles. The van der Waals surface area contributed by atoms with Gasteiger partial charge in [-0.3, -0.25) is 0 Å². The van der Waals surface area contributed by atoms with Crippen LogP contribution >= 0.6 is 11.3 Å². The van der Waals surface area contributed by atoms with E-state index in [0.29, 0.717) is 6.61 Å². The Morgan fingerprint density at radius 1 is 1.37 bits per heavy atom. The fourth-order valence-electron chi connectivity index (χ4n) is 1.71. The third-order valence-corrected chi connectivity index (χ3v) is 3.28. The molecular weight excluding hydrogens is 256 g/mol. The quantitative estimate of drug-likeness (QED) is 0.621. The first-order chi connectivity index (χ1) is 9.40. The van der Waals surface area contributed by atoms with Crippen molar-refractivity contribution in [1.29, 1.82) is 0 Å². The Kier molecular flexibility index (Phi) is 5.42. The summed E-state index contributed by atoms with van der Waals surface area (Å²) in [5.41, 5.74) is 4.11. The summed E-state index contributed by atoms with van der Waals surface area (Å²) in [6, 6.07) is 7.93. The molecule has 0 aliphatic rings. The van der Waals surface area contributed by atoms with Gasteiger partial charge in [0, 0.05) is 30.5 Å². The normalized spacial score (nSPS) is 10.1. The number of nitrogens with one attached hydrogen (secondary N) is 1. The van der Waals surface area contributed by atoms with Crippen LogP contribution in [0.1, 0.15) is 11.3 Å². The van der Waals surface area contributed by atoms with Crippen molar-refractivity contribution in [2.45, 2.75) is 13.0 Å². The van der Waals surface area contributed by atoms with Crippen molar-refractivity contribution in [3.05, 3.63) is 46.4 Å². The molecule has 19 heavy (non-hydrogen) atoms. The topological polar surface area (TPSA) is 34.1 Å². The van der Waals surface area contributed by atoms with Crippen LogP contribution in [0, 0.1) is 12.3 Å². The van der Waals surface area contributed by atoms with E-state index in [-0.39, 0.29) is 0 Å². The van der Waals surface area contributed by atoms with E-state index in [1.807, 2.05) is 29.8 Å². The second-order valence-electron chi connectivity index (χ2n) is 4.01. The minimum absolute atomic E-state index is 0.301. The van der Waals surface area contributed by atoms with Gasteiger partial charge in [-0.25, -0.2) is 4.98 Å². The summed E-state index contributed by atoms with van der Waals surface area (Å²) in [6.07, 6.45) is 6.15. The number of para-hydroxylation sites is 1. The van der Waals surface area contributed by atoms with E-state index in [1.54, 1.807) is 11.3 Å². The van der Waals surface area contributed by atoms with Crippen LogP contribution < -0.4 is 10.1 Å². The molecular formula is C15H16N2OS.